The van der Waals surface area contributed by atoms with Gasteiger partial charge >= 0.3 is 6.03 Å². The number of nitrogens with one attached hydrogen (secondary N) is 2. The van der Waals surface area contributed by atoms with Gasteiger partial charge in [-0.1, -0.05) is 0 Å². The van der Waals surface area contributed by atoms with Crippen LogP contribution in [0.4, 0.5) is 22.1 Å². The van der Waals surface area contributed by atoms with Crippen molar-refractivity contribution in [3.8, 4) is 6.07 Å². The Labute approximate surface area is 237 Å². The van der Waals surface area contributed by atoms with Crippen LogP contribution < -0.4 is 15.5 Å². The molecule has 3 atom stereocenters. The van der Waals surface area contributed by atoms with E-state index >= 15 is 0 Å². The number of ether oxygens (including phenoxy) is 3. The minimum atomic E-state index is -0.462. The molecule has 5 rings (SSSR count). The number of amides is 3. The Kier molecular flexibility index (Phi) is 8.72. The smallest absolute Gasteiger partial charge is 0.328 e. The molecule has 2 aromatic heterocycles. The second-order valence-electron chi connectivity index (χ2n) is 10.3. The van der Waals surface area contributed by atoms with E-state index in [4.69, 9.17) is 14.2 Å². The van der Waals surface area contributed by atoms with E-state index in [2.05, 4.69) is 26.7 Å². The molecular weight excluding hydrogens is 530 g/mol. The number of nitrogens with zero attached hydrogens (tertiary/aromatic N) is 5. The Hall–Kier alpha value is -4.12. The second-order valence-corrected chi connectivity index (χ2v) is 10.3. The Bertz CT molecular complexity index is 1360. The SMILES string of the molecule is CO[C@H]1COC[C@@H]1Nc1cc(NC(=O)N2CCCc3cc(CN(C)C(=O)[C@H]4CCCO4)c(C=O)nc32)ncc1C#N. The molecule has 0 aromatic carbocycles. The van der Waals surface area contributed by atoms with Crippen LogP contribution in [-0.4, -0.2) is 91.9 Å². The van der Waals surface area contributed by atoms with Crippen molar-refractivity contribution in [2.24, 2.45) is 0 Å². The maximum atomic E-state index is 13.4. The van der Waals surface area contributed by atoms with Crippen molar-refractivity contribution in [2.45, 2.75) is 50.5 Å². The van der Waals surface area contributed by atoms with Crippen LogP contribution in [0, 0.1) is 11.3 Å². The zero-order chi connectivity index (χ0) is 28.9. The maximum absolute atomic E-state index is 13.4. The molecule has 3 amide bonds. The molecule has 216 valence electrons. The molecule has 0 spiro atoms. The standard InChI is InChI=1S/C28H33N7O6/c1-34(27(37)23-6-4-8-41-23)13-18-9-17-5-3-7-35(26(17)32-21(18)14-36)28(38)33-25-10-20(19(11-29)12-30-25)31-22-15-40-16-24(22)39-2/h9-10,12,14,22-24H,3-8,13,15-16H2,1-2H3,(H2,30,31,33,38)/t22-,23+,24-/m0/s1. The maximum Gasteiger partial charge on any atom is 0.328 e. The highest BCUT2D eigenvalue weighted by molar-refractivity contribution is 6.02. The van der Waals surface area contributed by atoms with Gasteiger partial charge in [0.1, 0.15) is 35.6 Å². The zero-order valence-corrected chi connectivity index (χ0v) is 23.1. The van der Waals surface area contributed by atoms with Crippen molar-refractivity contribution in [3.63, 3.8) is 0 Å². The summed E-state index contributed by atoms with van der Waals surface area (Å²) in [6, 6.07) is 4.93. The number of fused-ring (bicyclic) bond motifs is 1. The molecule has 2 saturated heterocycles. The number of methoxy groups -OCH3 is 1. The first-order valence-electron chi connectivity index (χ1n) is 13.6. The summed E-state index contributed by atoms with van der Waals surface area (Å²) in [7, 11) is 3.28. The van der Waals surface area contributed by atoms with Gasteiger partial charge in [-0.3, -0.25) is 19.8 Å². The first kappa shape index (κ1) is 28.4. The molecule has 2 fully saturated rings. The van der Waals surface area contributed by atoms with Crippen LogP contribution in [0.1, 0.15) is 46.4 Å². The lowest BCUT2D eigenvalue weighted by molar-refractivity contribution is -0.140. The number of urea groups is 1. The fraction of sp³-hybridized carbons (Fsp3) is 0.500. The third kappa shape index (κ3) is 6.14. The lowest BCUT2D eigenvalue weighted by Crippen LogP contribution is -2.40. The van der Waals surface area contributed by atoms with Gasteiger partial charge in [-0.15, -0.1) is 0 Å². The fourth-order valence-corrected chi connectivity index (χ4v) is 5.35. The third-order valence-electron chi connectivity index (χ3n) is 7.55. The topological polar surface area (TPSA) is 159 Å². The Balaban J connectivity index is 1.33. The highest BCUT2D eigenvalue weighted by Crippen LogP contribution is 2.29. The van der Waals surface area contributed by atoms with Gasteiger partial charge in [-0.2, -0.15) is 5.26 Å². The number of hydrogen-bond acceptors (Lipinski definition) is 10. The summed E-state index contributed by atoms with van der Waals surface area (Å²) in [5, 5.41) is 15.6. The van der Waals surface area contributed by atoms with Crippen LogP contribution in [0.15, 0.2) is 18.3 Å². The number of nitriles is 1. The molecular formula is C28H33N7O6. The Morgan fingerprint density at radius 2 is 2.17 bits per heavy atom. The summed E-state index contributed by atoms with van der Waals surface area (Å²) in [6.07, 6.45) is 4.31. The van der Waals surface area contributed by atoms with Crippen molar-refractivity contribution in [2.75, 3.05) is 56.1 Å². The Morgan fingerprint density at radius 1 is 1.32 bits per heavy atom. The monoisotopic (exact) mass is 563 g/mol. The molecule has 5 heterocycles. The summed E-state index contributed by atoms with van der Waals surface area (Å²) in [5.41, 5.74) is 2.42. The molecule has 0 aliphatic carbocycles. The molecule has 13 heteroatoms. The van der Waals surface area contributed by atoms with Gasteiger partial charge in [-0.25, -0.2) is 14.8 Å². The van der Waals surface area contributed by atoms with E-state index < -0.39 is 12.1 Å². The van der Waals surface area contributed by atoms with E-state index in [-0.39, 0.29) is 36.1 Å². The van der Waals surface area contributed by atoms with E-state index in [0.717, 1.165) is 12.0 Å². The first-order chi connectivity index (χ1) is 19.9. The minimum Gasteiger partial charge on any atom is -0.377 e. The summed E-state index contributed by atoms with van der Waals surface area (Å²) >= 11 is 0. The lowest BCUT2D eigenvalue weighted by atomic mass is 10.0. The molecule has 3 aliphatic heterocycles. The van der Waals surface area contributed by atoms with Crippen molar-refractivity contribution in [1.82, 2.24) is 14.9 Å². The van der Waals surface area contributed by atoms with E-state index in [1.165, 1.54) is 11.1 Å². The van der Waals surface area contributed by atoms with Gasteiger partial charge in [0, 0.05) is 51.7 Å². The van der Waals surface area contributed by atoms with Crippen molar-refractivity contribution in [1.29, 1.82) is 5.26 Å². The van der Waals surface area contributed by atoms with Crippen LogP contribution in [0.3, 0.4) is 0 Å². The van der Waals surface area contributed by atoms with Crippen molar-refractivity contribution in [3.05, 3.63) is 40.7 Å². The van der Waals surface area contributed by atoms with Crippen LogP contribution in [0.2, 0.25) is 0 Å². The van der Waals surface area contributed by atoms with Crippen LogP contribution >= 0.6 is 0 Å². The van der Waals surface area contributed by atoms with Crippen molar-refractivity contribution >= 4 is 35.5 Å². The molecule has 0 unspecified atom stereocenters. The zero-order valence-electron chi connectivity index (χ0n) is 23.1. The summed E-state index contributed by atoms with van der Waals surface area (Å²) in [4.78, 5) is 49.9. The van der Waals surface area contributed by atoms with Gasteiger partial charge in [0.2, 0.25) is 0 Å². The van der Waals surface area contributed by atoms with Crippen LogP contribution in [0.5, 0.6) is 0 Å². The molecule has 2 N–H and O–H groups in total. The van der Waals surface area contributed by atoms with Gasteiger partial charge in [0.05, 0.1) is 30.5 Å². The van der Waals surface area contributed by atoms with Gasteiger partial charge in [-0.05, 0) is 37.3 Å². The van der Waals surface area contributed by atoms with Crippen LogP contribution in [0.25, 0.3) is 0 Å². The molecule has 0 radical (unpaired) electrons. The van der Waals surface area contributed by atoms with E-state index in [1.807, 2.05) is 6.07 Å². The number of hydrogen-bond donors (Lipinski definition) is 2. The summed E-state index contributed by atoms with van der Waals surface area (Å²) < 4.78 is 16.4. The van der Waals surface area contributed by atoms with E-state index in [0.29, 0.717) is 74.5 Å². The van der Waals surface area contributed by atoms with Gasteiger partial charge in [0.15, 0.2) is 6.29 Å². The van der Waals surface area contributed by atoms with Gasteiger partial charge in [0.25, 0.3) is 5.91 Å². The summed E-state index contributed by atoms with van der Waals surface area (Å²) in [5.74, 6) is 0.517. The molecule has 41 heavy (non-hydrogen) atoms. The number of aromatic nitrogens is 2. The second kappa shape index (κ2) is 12.6. The number of carbonyl (C=O) groups excluding carboxylic acids is 3. The highest BCUT2D eigenvalue weighted by Gasteiger charge is 2.31. The number of carbonyl (C=O) groups is 3. The number of likely N-dealkylation sites (N-methyl/N-ethyl adjacent to an activating group) is 1. The third-order valence-corrected chi connectivity index (χ3v) is 7.55. The van der Waals surface area contributed by atoms with E-state index in [1.54, 1.807) is 25.1 Å². The molecule has 3 aliphatic rings. The average molecular weight is 564 g/mol. The van der Waals surface area contributed by atoms with Crippen molar-refractivity contribution < 1.29 is 28.6 Å². The van der Waals surface area contributed by atoms with Gasteiger partial charge < -0.3 is 24.4 Å². The Morgan fingerprint density at radius 3 is 2.90 bits per heavy atom. The number of anilines is 3. The molecule has 2 aromatic rings. The fourth-order valence-electron chi connectivity index (χ4n) is 5.35. The molecule has 0 bridgehead atoms. The number of pyridine rings is 2. The highest BCUT2D eigenvalue weighted by atomic mass is 16.5. The quantitative estimate of drug-likeness (QED) is 0.456. The predicted octanol–water partition coefficient (Wildman–Crippen LogP) is 2.11. The van der Waals surface area contributed by atoms with Crippen LogP contribution in [-0.2, 0) is 32.0 Å². The number of aryl methyl sites for hydroxylation is 1. The largest absolute Gasteiger partial charge is 0.377 e. The number of aldehydes is 1. The van der Waals surface area contributed by atoms with E-state index in [9.17, 15) is 19.6 Å². The molecule has 13 nitrogen and oxygen atoms in total. The summed E-state index contributed by atoms with van der Waals surface area (Å²) in [6.45, 7) is 2.04. The minimum absolute atomic E-state index is 0.125. The normalized spacial score (nSPS) is 21.6. The first-order valence-corrected chi connectivity index (χ1v) is 13.6. The predicted molar refractivity (Wildman–Crippen MR) is 148 cm³/mol. The number of rotatable bonds is 8. The average Bonchev–Trinajstić information content (AvgIpc) is 3.68. The molecule has 0 saturated carbocycles. The lowest BCUT2D eigenvalue weighted by Gasteiger charge is -2.30.